The summed E-state index contributed by atoms with van der Waals surface area (Å²) in [5.74, 6) is -3.28. The number of allylic oxidation sites excluding steroid dienone is 2. The fraction of sp³-hybridized carbons (Fsp3) is 0.412. The average molecular weight is 382 g/mol. The monoisotopic (exact) mass is 382 g/mol. The van der Waals surface area contributed by atoms with Crippen molar-refractivity contribution in [1.82, 2.24) is 4.98 Å². The van der Waals surface area contributed by atoms with E-state index in [0.29, 0.717) is 0 Å². The summed E-state index contributed by atoms with van der Waals surface area (Å²) < 4.78 is 56.8. The number of sulfone groups is 1. The first-order chi connectivity index (χ1) is 12.0. The Kier molecular flexibility index (Phi) is 4.16. The molecule has 138 valence electrons. The lowest BCUT2D eigenvalue weighted by molar-refractivity contribution is -0.0800. The molecule has 0 aliphatic heterocycles. The minimum absolute atomic E-state index is 0.0240. The van der Waals surface area contributed by atoms with Gasteiger partial charge in [-0.3, -0.25) is 4.98 Å². The first-order valence-electron chi connectivity index (χ1n) is 7.72. The van der Waals surface area contributed by atoms with Gasteiger partial charge >= 0.3 is 0 Å². The smallest absolute Gasteiger partial charge is 0.281 e. The summed E-state index contributed by atoms with van der Waals surface area (Å²) >= 11 is 0. The molecular formula is C17H16F2N2O4S. The number of hydrogen-bond donors (Lipinski definition) is 1. The third-order valence-corrected chi connectivity index (χ3v) is 6.87. The molecule has 2 aliphatic rings. The van der Waals surface area contributed by atoms with Crippen molar-refractivity contribution in [2.24, 2.45) is 0 Å². The topological polar surface area (TPSA) is 100 Å². The largest absolute Gasteiger partial charge is 0.456 e. The Labute approximate surface area is 149 Å². The first kappa shape index (κ1) is 18.5. The van der Waals surface area contributed by atoms with Crippen LogP contribution >= 0.6 is 0 Å². The SMILES string of the molecule is CC1(S(C)(=O)=O)CC=C(Oc2cncc(C#N)c2)C2=C1[C@H](O)C(F)(F)C2. The van der Waals surface area contributed by atoms with Gasteiger partial charge in [0.2, 0.25) is 0 Å². The van der Waals surface area contributed by atoms with E-state index in [1.807, 2.05) is 6.07 Å². The Hall–Kier alpha value is -2.31. The van der Waals surface area contributed by atoms with E-state index >= 15 is 0 Å². The van der Waals surface area contributed by atoms with Crippen LogP contribution in [0.15, 0.2) is 41.4 Å². The lowest BCUT2D eigenvalue weighted by Gasteiger charge is -2.34. The second-order valence-electron chi connectivity index (χ2n) is 6.63. The molecule has 0 spiro atoms. The van der Waals surface area contributed by atoms with Gasteiger partial charge in [-0.15, -0.1) is 0 Å². The summed E-state index contributed by atoms with van der Waals surface area (Å²) in [6.45, 7) is 1.33. The maximum atomic E-state index is 14.2. The van der Waals surface area contributed by atoms with Gasteiger partial charge in [0.25, 0.3) is 5.92 Å². The van der Waals surface area contributed by atoms with Crippen LogP contribution in [0.4, 0.5) is 8.78 Å². The number of ether oxygens (including phenoxy) is 1. The van der Waals surface area contributed by atoms with Crippen LogP contribution in [-0.4, -0.2) is 41.5 Å². The van der Waals surface area contributed by atoms with Crippen molar-refractivity contribution in [3.8, 4) is 11.8 Å². The number of halogens is 2. The fourth-order valence-electron chi connectivity index (χ4n) is 3.27. The second kappa shape index (κ2) is 5.86. The van der Waals surface area contributed by atoms with E-state index in [9.17, 15) is 22.3 Å². The van der Waals surface area contributed by atoms with Crippen molar-refractivity contribution in [2.45, 2.75) is 36.5 Å². The van der Waals surface area contributed by atoms with Crippen molar-refractivity contribution in [1.29, 1.82) is 5.26 Å². The van der Waals surface area contributed by atoms with Crippen molar-refractivity contribution in [3.05, 3.63) is 47.0 Å². The first-order valence-corrected chi connectivity index (χ1v) is 9.61. The number of pyridine rings is 1. The van der Waals surface area contributed by atoms with Crippen molar-refractivity contribution >= 4 is 9.84 Å². The molecule has 26 heavy (non-hydrogen) atoms. The van der Waals surface area contributed by atoms with Crippen LogP contribution in [0.1, 0.15) is 25.3 Å². The molecule has 1 N–H and O–H groups in total. The molecule has 3 rings (SSSR count). The molecule has 0 aromatic carbocycles. The number of aromatic nitrogens is 1. The molecule has 1 unspecified atom stereocenters. The number of hydrogen-bond acceptors (Lipinski definition) is 6. The Bertz CT molecular complexity index is 979. The Morgan fingerprint density at radius 2 is 2.12 bits per heavy atom. The van der Waals surface area contributed by atoms with E-state index in [1.165, 1.54) is 31.5 Å². The highest BCUT2D eigenvalue weighted by atomic mass is 32.2. The van der Waals surface area contributed by atoms with E-state index in [0.717, 1.165) is 6.26 Å². The third-order valence-electron chi connectivity index (χ3n) is 4.84. The minimum Gasteiger partial charge on any atom is -0.456 e. The molecule has 1 aromatic rings. The molecule has 6 nitrogen and oxygen atoms in total. The number of nitriles is 1. The number of nitrogens with zero attached hydrogens (tertiary/aromatic N) is 2. The van der Waals surface area contributed by atoms with E-state index in [-0.39, 0.29) is 34.6 Å². The number of rotatable bonds is 3. The van der Waals surface area contributed by atoms with Crippen LogP contribution in [-0.2, 0) is 9.84 Å². The van der Waals surface area contributed by atoms with Gasteiger partial charge in [0.15, 0.2) is 9.84 Å². The van der Waals surface area contributed by atoms with Gasteiger partial charge in [-0.2, -0.15) is 5.26 Å². The Balaban J connectivity index is 2.07. The molecular weight excluding hydrogens is 366 g/mol. The normalized spacial score (nSPS) is 27.5. The average Bonchev–Trinajstić information content (AvgIpc) is 2.80. The fourth-order valence-corrected chi connectivity index (χ4v) is 4.29. The predicted octanol–water partition coefficient (Wildman–Crippen LogP) is 2.12. The lowest BCUT2D eigenvalue weighted by Crippen LogP contribution is -2.44. The number of aliphatic hydroxyl groups is 1. The maximum absolute atomic E-state index is 14.2. The van der Waals surface area contributed by atoms with E-state index in [1.54, 1.807) is 0 Å². The summed E-state index contributed by atoms with van der Waals surface area (Å²) in [4.78, 5) is 3.83. The van der Waals surface area contributed by atoms with Gasteiger partial charge in [0.1, 0.15) is 23.7 Å². The van der Waals surface area contributed by atoms with Crippen LogP contribution in [0, 0.1) is 11.3 Å². The molecule has 0 saturated carbocycles. The third kappa shape index (κ3) is 2.79. The van der Waals surface area contributed by atoms with Gasteiger partial charge in [-0.1, -0.05) is 0 Å². The molecule has 2 aliphatic carbocycles. The number of aliphatic hydroxyl groups excluding tert-OH is 1. The van der Waals surface area contributed by atoms with Crippen molar-refractivity contribution in [2.75, 3.05) is 6.26 Å². The Morgan fingerprint density at radius 1 is 1.42 bits per heavy atom. The van der Waals surface area contributed by atoms with Crippen LogP contribution in [0.25, 0.3) is 0 Å². The summed E-state index contributed by atoms with van der Waals surface area (Å²) in [6, 6.07) is 3.28. The molecule has 0 radical (unpaired) electrons. The van der Waals surface area contributed by atoms with E-state index < -0.39 is 33.0 Å². The molecule has 1 heterocycles. The van der Waals surface area contributed by atoms with Crippen molar-refractivity contribution < 1.29 is 27.0 Å². The van der Waals surface area contributed by atoms with Gasteiger partial charge < -0.3 is 9.84 Å². The van der Waals surface area contributed by atoms with Gasteiger partial charge in [-0.05, 0) is 25.0 Å². The van der Waals surface area contributed by atoms with Crippen LogP contribution in [0.2, 0.25) is 0 Å². The zero-order valence-corrected chi connectivity index (χ0v) is 14.8. The van der Waals surface area contributed by atoms with Crippen LogP contribution < -0.4 is 4.74 Å². The van der Waals surface area contributed by atoms with Gasteiger partial charge in [0, 0.05) is 30.5 Å². The zero-order valence-electron chi connectivity index (χ0n) is 14.0. The van der Waals surface area contributed by atoms with E-state index in [4.69, 9.17) is 10.00 Å². The van der Waals surface area contributed by atoms with Crippen LogP contribution in [0.3, 0.4) is 0 Å². The van der Waals surface area contributed by atoms with E-state index in [2.05, 4.69) is 4.98 Å². The standard InChI is InChI=1S/C17H16F2N2O4S/c1-16(26(2,23)24)4-3-13(12-6-17(18,19)15(22)14(12)16)25-11-5-10(7-20)8-21-9-11/h3,5,8-9,15,22H,4,6H2,1-2H3/t15-,16?/m0/s1. The molecule has 9 heteroatoms. The molecule has 0 fully saturated rings. The quantitative estimate of drug-likeness (QED) is 0.859. The van der Waals surface area contributed by atoms with Gasteiger partial charge in [-0.25, -0.2) is 17.2 Å². The predicted molar refractivity (Wildman–Crippen MR) is 88.1 cm³/mol. The summed E-state index contributed by atoms with van der Waals surface area (Å²) in [6.07, 6.45) is 1.88. The highest BCUT2D eigenvalue weighted by molar-refractivity contribution is 7.92. The number of alkyl halides is 2. The maximum Gasteiger partial charge on any atom is 0.281 e. The summed E-state index contributed by atoms with van der Waals surface area (Å²) in [7, 11) is -3.78. The zero-order chi connectivity index (χ0) is 19.3. The molecule has 1 aromatic heterocycles. The molecule has 0 amide bonds. The van der Waals surface area contributed by atoms with Crippen LogP contribution in [0.5, 0.6) is 5.75 Å². The molecule has 0 bridgehead atoms. The molecule has 2 atom stereocenters. The minimum atomic E-state index is -3.78. The second-order valence-corrected chi connectivity index (χ2v) is 9.08. The lowest BCUT2D eigenvalue weighted by atomic mass is 9.86. The van der Waals surface area contributed by atoms with Crippen molar-refractivity contribution in [3.63, 3.8) is 0 Å². The Morgan fingerprint density at radius 3 is 2.73 bits per heavy atom. The molecule has 0 saturated heterocycles. The summed E-state index contributed by atoms with van der Waals surface area (Å²) in [5.41, 5.74) is -0.0261. The summed E-state index contributed by atoms with van der Waals surface area (Å²) in [5, 5.41) is 19.0. The highest BCUT2D eigenvalue weighted by Crippen LogP contribution is 2.52. The highest BCUT2D eigenvalue weighted by Gasteiger charge is 2.58. The van der Waals surface area contributed by atoms with Gasteiger partial charge in [0.05, 0.1) is 16.5 Å².